The Bertz CT molecular complexity index is 432. The Kier molecular flexibility index (Phi) is 6.24. The Morgan fingerprint density at radius 2 is 2.17 bits per heavy atom. The molecule has 0 unspecified atom stereocenters. The Balaban J connectivity index is 2.51. The minimum Gasteiger partial charge on any atom is -0.493 e. The fourth-order valence-corrected chi connectivity index (χ4v) is 1.51. The van der Waals surface area contributed by atoms with Crippen LogP contribution in [0.25, 0.3) is 0 Å². The number of nitrogens with two attached hydrogens (primary N) is 1. The van der Waals surface area contributed by atoms with Crippen molar-refractivity contribution in [3.63, 3.8) is 0 Å². The second-order valence-electron chi connectivity index (χ2n) is 4.53. The van der Waals surface area contributed by atoms with E-state index in [0.29, 0.717) is 23.8 Å². The summed E-state index contributed by atoms with van der Waals surface area (Å²) in [7, 11) is 0. The molecule has 0 aliphatic carbocycles. The van der Waals surface area contributed by atoms with Crippen LogP contribution in [0.3, 0.4) is 0 Å². The molecule has 2 nitrogen and oxygen atoms in total. The van der Waals surface area contributed by atoms with Gasteiger partial charge in [0.25, 0.3) is 0 Å². The van der Waals surface area contributed by atoms with Gasteiger partial charge in [-0.05, 0) is 30.9 Å². The van der Waals surface area contributed by atoms with Crippen molar-refractivity contribution in [2.45, 2.75) is 26.7 Å². The SMILES string of the molecule is CC(C)CCCOc1ccc(C#CCN)c(F)c1. The molecule has 1 aromatic carbocycles. The van der Waals surface area contributed by atoms with Crippen LogP contribution in [0.1, 0.15) is 32.3 Å². The first-order chi connectivity index (χ1) is 8.63. The molecule has 0 aromatic heterocycles. The largest absolute Gasteiger partial charge is 0.493 e. The average Bonchev–Trinajstić information content (AvgIpc) is 2.33. The van der Waals surface area contributed by atoms with Crippen LogP contribution in [-0.2, 0) is 0 Å². The second kappa shape index (κ2) is 7.73. The summed E-state index contributed by atoms with van der Waals surface area (Å²) in [6.07, 6.45) is 2.09. The van der Waals surface area contributed by atoms with E-state index in [0.717, 1.165) is 12.8 Å². The molecule has 0 heterocycles. The average molecular weight is 249 g/mol. The molecule has 1 rings (SSSR count). The lowest BCUT2D eigenvalue weighted by Gasteiger charge is -2.08. The maximum Gasteiger partial charge on any atom is 0.142 e. The number of hydrogen-bond donors (Lipinski definition) is 1. The van der Waals surface area contributed by atoms with E-state index in [-0.39, 0.29) is 12.4 Å². The quantitative estimate of drug-likeness (QED) is 0.643. The minimum atomic E-state index is -0.364. The molecular weight excluding hydrogens is 229 g/mol. The molecule has 0 bridgehead atoms. The van der Waals surface area contributed by atoms with E-state index in [4.69, 9.17) is 10.5 Å². The molecule has 18 heavy (non-hydrogen) atoms. The van der Waals surface area contributed by atoms with Crippen LogP contribution < -0.4 is 10.5 Å². The van der Waals surface area contributed by atoms with Gasteiger partial charge in [-0.25, -0.2) is 4.39 Å². The van der Waals surface area contributed by atoms with Crippen LogP contribution >= 0.6 is 0 Å². The molecular formula is C15H20FNO. The fourth-order valence-electron chi connectivity index (χ4n) is 1.51. The predicted octanol–water partition coefficient (Wildman–Crippen LogP) is 2.95. The Labute approximate surface area is 108 Å². The van der Waals surface area contributed by atoms with Gasteiger partial charge in [-0.3, -0.25) is 0 Å². The van der Waals surface area contributed by atoms with Crippen LogP contribution in [0.15, 0.2) is 18.2 Å². The molecule has 0 atom stereocenters. The van der Waals surface area contributed by atoms with E-state index in [9.17, 15) is 4.39 Å². The van der Waals surface area contributed by atoms with E-state index < -0.39 is 0 Å². The highest BCUT2D eigenvalue weighted by atomic mass is 19.1. The summed E-state index contributed by atoms with van der Waals surface area (Å²) in [4.78, 5) is 0. The van der Waals surface area contributed by atoms with Gasteiger partial charge >= 0.3 is 0 Å². The number of hydrogen-bond acceptors (Lipinski definition) is 2. The van der Waals surface area contributed by atoms with Crippen LogP contribution in [0.4, 0.5) is 4.39 Å². The first-order valence-corrected chi connectivity index (χ1v) is 6.24. The monoisotopic (exact) mass is 249 g/mol. The number of rotatable bonds is 5. The highest BCUT2D eigenvalue weighted by Gasteiger charge is 2.02. The lowest BCUT2D eigenvalue weighted by atomic mass is 10.1. The highest BCUT2D eigenvalue weighted by molar-refractivity contribution is 5.39. The van der Waals surface area contributed by atoms with Gasteiger partial charge in [-0.2, -0.15) is 0 Å². The summed E-state index contributed by atoms with van der Waals surface area (Å²) in [6.45, 7) is 5.19. The van der Waals surface area contributed by atoms with Gasteiger partial charge in [0.2, 0.25) is 0 Å². The third kappa shape index (κ3) is 5.20. The topological polar surface area (TPSA) is 35.2 Å². The van der Waals surface area contributed by atoms with E-state index in [1.54, 1.807) is 12.1 Å². The van der Waals surface area contributed by atoms with Gasteiger partial charge in [0.1, 0.15) is 11.6 Å². The van der Waals surface area contributed by atoms with Gasteiger partial charge in [-0.1, -0.05) is 25.7 Å². The summed E-state index contributed by atoms with van der Waals surface area (Å²) in [5.41, 5.74) is 5.60. The third-order valence-corrected chi connectivity index (χ3v) is 2.46. The molecule has 2 N–H and O–H groups in total. The van der Waals surface area contributed by atoms with Gasteiger partial charge < -0.3 is 10.5 Å². The van der Waals surface area contributed by atoms with Crippen molar-refractivity contribution in [1.82, 2.24) is 0 Å². The molecule has 98 valence electrons. The smallest absolute Gasteiger partial charge is 0.142 e. The summed E-state index contributed by atoms with van der Waals surface area (Å²) in [5.74, 6) is 6.16. The predicted molar refractivity (Wildman–Crippen MR) is 71.9 cm³/mol. The second-order valence-corrected chi connectivity index (χ2v) is 4.53. The first-order valence-electron chi connectivity index (χ1n) is 6.24. The van der Waals surface area contributed by atoms with Gasteiger partial charge in [0, 0.05) is 6.07 Å². The molecule has 1 aromatic rings. The zero-order valence-corrected chi connectivity index (χ0v) is 11.0. The zero-order chi connectivity index (χ0) is 13.4. The van der Waals surface area contributed by atoms with E-state index >= 15 is 0 Å². The van der Waals surface area contributed by atoms with Crippen LogP contribution in [0.5, 0.6) is 5.75 Å². The van der Waals surface area contributed by atoms with Crippen molar-refractivity contribution in [2.75, 3.05) is 13.2 Å². The van der Waals surface area contributed by atoms with Gasteiger partial charge in [-0.15, -0.1) is 0 Å². The van der Waals surface area contributed by atoms with Gasteiger partial charge in [0.15, 0.2) is 0 Å². The standard InChI is InChI=1S/C15H20FNO/c1-12(2)5-4-10-18-14-8-7-13(6-3-9-17)15(16)11-14/h7-8,11-12H,4-5,9-10,17H2,1-2H3. The zero-order valence-electron chi connectivity index (χ0n) is 11.0. The molecule has 3 heteroatoms. The lowest BCUT2D eigenvalue weighted by molar-refractivity contribution is 0.296. The number of halogens is 1. The molecule has 0 spiro atoms. The number of ether oxygens (including phenoxy) is 1. The molecule has 0 aliphatic rings. The molecule has 0 fully saturated rings. The van der Waals surface area contributed by atoms with Crippen LogP contribution in [0.2, 0.25) is 0 Å². The maximum absolute atomic E-state index is 13.6. The van der Waals surface area contributed by atoms with E-state index in [1.165, 1.54) is 6.07 Å². The number of benzene rings is 1. The minimum absolute atomic E-state index is 0.229. The van der Waals surface area contributed by atoms with Crippen molar-refractivity contribution in [2.24, 2.45) is 11.7 Å². The third-order valence-electron chi connectivity index (χ3n) is 2.46. The summed E-state index contributed by atoms with van der Waals surface area (Å²) >= 11 is 0. The normalized spacial score (nSPS) is 10.1. The molecule has 0 aliphatic heterocycles. The van der Waals surface area contributed by atoms with Crippen molar-refractivity contribution in [3.05, 3.63) is 29.6 Å². The summed E-state index contributed by atoms with van der Waals surface area (Å²) in [5, 5.41) is 0. The Hall–Kier alpha value is -1.53. The Morgan fingerprint density at radius 3 is 2.78 bits per heavy atom. The van der Waals surface area contributed by atoms with E-state index in [1.807, 2.05) is 0 Å². The molecule has 0 amide bonds. The first kappa shape index (κ1) is 14.5. The fraction of sp³-hybridized carbons (Fsp3) is 0.467. The molecule has 0 saturated carbocycles. The summed E-state index contributed by atoms with van der Waals surface area (Å²) < 4.78 is 19.1. The highest BCUT2D eigenvalue weighted by Crippen LogP contribution is 2.16. The van der Waals surface area contributed by atoms with Crippen molar-refractivity contribution in [3.8, 4) is 17.6 Å². The Morgan fingerprint density at radius 1 is 1.39 bits per heavy atom. The maximum atomic E-state index is 13.6. The van der Waals surface area contributed by atoms with Crippen LogP contribution in [-0.4, -0.2) is 13.2 Å². The van der Waals surface area contributed by atoms with Crippen molar-refractivity contribution < 1.29 is 9.13 Å². The molecule has 0 radical (unpaired) electrons. The van der Waals surface area contributed by atoms with Crippen molar-refractivity contribution in [1.29, 1.82) is 0 Å². The summed E-state index contributed by atoms with van der Waals surface area (Å²) in [6, 6.07) is 4.73. The van der Waals surface area contributed by atoms with Crippen molar-refractivity contribution >= 4 is 0 Å². The van der Waals surface area contributed by atoms with Crippen LogP contribution in [0, 0.1) is 23.6 Å². The van der Waals surface area contributed by atoms with E-state index in [2.05, 4.69) is 25.7 Å². The molecule has 0 saturated heterocycles. The van der Waals surface area contributed by atoms with Gasteiger partial charge in [0.05, 0.1) is 18.7 Å². The lowest BCUT2D eigenvalue weighted by Crippen LogP contribution is -2.00.